The molecule has 5 heteroatoms. The van der Waals surface area contributed by atoms with E-state index >= 15 is 0 Å². The third kappa shape index (κ3) is 5.42. The molecular weight excluding hydrogens is 206 g/mol. The summed E-state index contributed by atoms with van der Waals surface area (Å²) in [6.07, 6.45) is 3.81. The predicted molar refractivity (Wildman–Crippen MR) is 66.1 cm³/mol. The molecule has 2 unspecified atom stereocenters. The monoisotopic (exact) mass is 231 g/mol. The molecule has 0 fully saturated rings. The summed E-state index contributed by atoms with van der Waals surface area (Å²) >= 11 is 0. The molecule has 0 aliphatic carbocycles. The quantitative estimate of drug-likeness (QED) is 0.274. The van der Waals surface area contributed by atoms with E-state index in [-0.39, 0.29) is 11.1 Å². The van der Waals surface area contributed by atoms with Crippen molar-refractivity contribution < 1.29 is 4.92 Å². The van der Waals surface area contributed by atoms with Gasteiger partial charge in [-0.3, -0.25) is 15.4 Å². The van der Waals surface area contributed by atoms with Crippen LogP contribution in [0, 0.1) is 10.1 Å². The fourth-order valence-electron chi connectivity index (χ4n) is 1.48. The third-order valence-corrected chi connectivity index (χ3v) is 2.98. The van der Waals surface area contributed by atoms with Crippen LogP contribution in [0.1, 0.15) is 46.5 Å². The fourth-order valence-corrected chi connectivity index (χ4v) is 1.48. The van der Waals surface area contributed by atoms with Crippen LogP contribution >= 0.6 is 0 Å². The van der Waals surface area contributed by atoms with E-state index in [4.69, 9.17) is 0 Å². The van der Waals surface area contributed by atoms with Gasteiger partial charge >= 0.3 is 0 Å². The maximum Gasteiger partial charge on any atom is 0.231 e. The molecule has 0 aliphatic rings. The Morgan fingerprint density at radius 3 is 2.50 bits per heavy atom. The SMILES string of the molecule is CCCCCC(C)(CNC(C)NC)[N+](=O)[O-]. The van der Waals surface area contributed by atoms with E-state index < -0.39 is 5.54 Å². The number of nitrogens with one attached hydrogen (secondary N) is 2. The van der Waals surface area contributed by atoms with Crippen molar-refractivity contribution in [3.8, 4) is 0 Å². The molecule has 0 aromatic carbocycles. The average molecular weight is 231 g/mol. The number of hydrogen-bond acceptors (Lipinski definition) is 4. The third-order valence-electron chi connectivity index (χ3n) is 2.98. The van der Waals surface area contributed by atoms with Crippen LogP contribution in [0.3, 0.4) is 0 Å². The first-order valence-electron chi connectivity index (χ1n) is 6.01. The van der Waals surface area contributed by atoms with E-state index in [1.807, 2.05) is 14.0 Å². The first kappa shape index (κ1) is 15.3. The van der Waals surface area contributed by atoms with Crippen LogP contribution in [-0.4, -0.2) is 30.2 Å². The lowest BCUT2D eigenvalue weighted by Gasteiger charge is -2.23. The van der Waals surface area contributed by atoms with Gasteiger partial charge in [-0.1, -0.05) is 19.8 Å². The molecule has 0 saturated carbocycles. The molecule has 0 aromatic heterocycles. The molecule has 2 atom stereocenters. The highest BCUT2D eigenvalue weighted by atomic mass is 16.6. The van der Waals surface area contributed by atoms with Crippen molar-refractivity contribution >= 4 is 0 Å². The van der Waals surface area contributed by atoms with Crippen LogP contribution in [0.2, 0.25) is 0 Å². The van der Waals surface area contributed by atoms with Crippen molar-refractivity contribution in [3.63, 3.8) is 0 Å². The van der Waals surface area contributed by atoms with Gasteiger partial charge in [0.05, 0.1) is 12.7 Å². The maximum absolute atomic E-state index is 11.1. The molecular formula is C11H25N3O2. The van der Waals surface area contributed by atoms with Crippen LogP contribution < -0.4 is 10.6 Å². The molecule has 0 heterocycles. The topological polar surface area (TPSA) is 67.2 Å². The lowest BCUT2D eigenvalue weighted by atomic mass is 9.95. The smallest absolute Gasteiger partial charge is 0.231 e. The average Bonchev–Trinajstić information content (AvgIpc) is 2.26. The largest absolute Gasteiger partial charge is 0.305 e. The minimum atomic E-state index is -0.847. The Kier molecular flexibility index (Phi) is 7.25. The number of rotatable bonds is 9. The van der Waals surface area contributed by atoms with Gasteiger partial charge in [0.2, 0.25) is 5.54 Å². The molecule has 0 aromatic rings. The summed E-state index contributed by atoms with van der Waals surface area (Å²) in [6, 6.07) is 0. The molecule has 0 bridgehead atoms. The Labute approximate surface area is 98.1 Å². The zero-order valence-electron chi connectivity index (χ0n) is 10.9. The number of unbranched alkanes of at least 4 members (excludes halogenated alkanes) is 2. The highest BCUT2D eigenvalue weighted by molar-refractivity contribution is 4.77. The second-order valence-electron chi connectivity index (χ2n) is 4.60. The molecule has 0 spiro atoms. The molecule has 0 rings (SSSR count). The number of nitro groups is 1. The highest BCUT2D eigenvalue weighted by Crippen LogP contribution is 2.17. The molecule has 16 heavy (non-hydrogen) atoms. The van der Waals surface area contributed by atoms with Gasteiger partial charge in [-0.05, 0) is 20.4 Å². The van der Waals surface area contributed by atoms with Gasteiger partial charge in [-0.15, -0.1) is 0 Å². The van der Waals surface area contributed by atoms with Gasteiger partial charge in [0.15, 0.2) is 0 Å². The number of nitrogens with zero attached hydrogens (tertiary/aromatic N) is 1. The Balaban J connectivity index is 4.17. The summed E-state index contributed by atoms with van der Waals surface area (Å²) < 4.78 is 0. The predicted octanol–water partition coefficient (Wildman–Crippen LogP) is 1.76. The van der Waals surface area contributed by atoms with Gasteiger partial charge < -0.3 is 5.32 Å². The van der Waals surface area contributed by atoms with Crippen molar-refractivity contribution in [1.82, 2.24) is 10.6 Å². The van der Waals surface area contributed by atoms with Crippen LogP contribution in [0.5, 0.6) is 0 Å². The number of hydrogen-bond donors (Lipinski definition) is 2. The van der Waals surface area contributed by atoms with Crippen LogP contribution in [0.15, 0.2) is 0 Å². The minimum Gasteiger partial charge on any atom is -0.305 e. The van der Waals surface area contributed by atoms with Gasteiger partial charge in [-0.2, -0.15) is 0 Å². The molecule has 0 amide bonds. The first-order valence-corrected chi connectivity index (χ1v) is 6.01. The van der Waals surface area contributed by atoms with Gasteiger partial charge in [0.1, 0.15) is 0 Å². The van der Waals surface area contributed by atoms with Crippen molar-refractivity contribution in [1.29, 1.82) is 0 Å². The van der Waals surface area contributed by atoms with Gasteiger partial charge in [0, 0.05) is 18.3 Å². The van der Waals surface area contributed by atoms with Crippen molar-refractivity contribution in [2.75, 3.05) is 13.6 Å². The molecule has 0 radical (unpaired) electrons. The highest BCUT2D eigenvalue weighted by Gasteiger charge is 2.36. The second-order valence-corrected chi connectivity index (χ2v) is 4.60. The molecule has 96 valence electrons. The zero-order valence-corrected chi connectivity index (χ0v) is 10.9. The normalized spacial score (nSPS) is 16.8. The van der Waals surface area contributed by atoms with Crippen LogP contribution in [-0.2, 0) is 0 Å². The van der Waals surface area contributed by atoms with E-state index in [0.717, 1.165) is 19.3 Å². The lowest BCUT2D eigenvalue weighted by Crippen LogP contribution is -2.50. The lowest BCUT2D eigenvalue weighted by molar-refractivity contribution is -0.564. The summed E-state index contributed by atoms with van der Waals surface area (Å²) in [7, 11) is 1.83. The molecule has 5 nitrogen and oxygen atoms in total. The second kappa shape index (κ2) is 7.57. The standard InChI is InChI=1S/C11H25N3O2/c1-5-6-7-8-11(3,14(15)16)9-13-10(2)12-4/h10,12-13H,5-9H2,1-4H3. The Morgan fingerprint density at radius 2 is 2.06 bits per heavy atom. The van der Waals surface area contributed by atoms with Crippen LogP contribution in [0.4, 0.5) is 0 Å². The van der Waals surface area contributed by atoms with E-state index in [1.165, 1.54) is 0 Å². The van der Waals surface area contributed by atoms with E-state index in [1.54, 1.807) is 6.92 Å². The Morgan fingerprint density at radius 1 is 1.44 bits per heavy atom. The summed E-state index contributed by atoms with van der Waals surface area (Å²) in [5, 5.41) is 17.2. The van der Waals surface area contributed by atoms with E-state index in [9.17, 15) is 10.1 Å². The van der Waals surface area contributed by atoms with Crippen molar-refractivity contribution in [3.05, 3.63) is 10.1 Å². The maximum atomic E-state index is 11.1. The van der Waals surface area contributed by atoms with E-state index in [0.29, 0.717) is 13.0 Å². The fraction of sp³-hybridized carbons (Fsp3) is 1.00. The summed E-state index contributed by atoms with van der Waals surface area (Å²) in [4.78, 5) is 10.9. The summed E-state index contributed by atoms with van der Waals surface area (Å²) in [6.45, 7) is 6.18. The molecule has 0 aliphatic heterocycles. The van der Waals surface area contributed by atoms with Crippen molar-refractivity contribution in [2.45, 2.75) is 58.2 Å². The zero-order chi connectivity index (χ0) is 12.6. The van der Waals surface area contributed by atoms with Gasteiger partial charge in [0.25, 0.3) is 0 Å². The first-order chi connectivity index (χ1) is 7.46. The Bertz CT molecular complexity index is 211. The minimum absolute atomic E-state index is 0.102. The van der Waals surface area contributed by atoms with Crippen molar-refractivity contribution in [2.24, 2.45) is 0 Å². The Hall–Kier alpha value is -0.680. The summed E-state index contributed by atoms with van der Waals surface area (Å²) in [5.74, 6) is 0. The molecule has 0 saturated heterocycles. The van der Waals surface area contributed by atoms with E-state index in [2.05, 4.69) is 17.6 Å². The molecule has 2 N–H and O–H groups in total. The van der Waals surface area contributed by atoms with Gasteiger partial charge in [-0.25, -0.2) is 0 Å². The van der Waals surface area contributed by atoms with Crippen LogP contribution in [0.25, 0.3) is 0 Å². The summed E-state index contributed by atoms with van der Waals surface area (Å²) in [5.41, 5.74) is -0.847.